The summed E-state index contributed by atoms with van der Waals surface area (Å²) in [4.78, 5) is 0. The lowest BCUT2D eigenvalue weighted by molar-refractivity contribution is 0.527. The minimum Gasteiger partial charge on any atom is -0.267 e. The highest BCUT2D eigenvalue weighted by Gasteiger charge is 1.98. The second-order valence-corrected chi connectivity index (χ2v) is 2.23. The second kappa shape index (κ2) is 2.17. The van der Waals surface area contributed by atoms with E-state index in [0.717, 1.165) is 0 Å². The topological polar surface area (TPSA) is 17.8 Å². The first-order valence-electron chi connectivity index (χ1n) is 2.90. The van der Waals surface area contributed by atoms with Crippen molar-refractivity contribution in [3.05, 3.63) is 18.2 Å². The van der Waals surface area contributed by atoms with E-state index in [1.807, 2.05) is 13.8 Å². The number of halogens is 1. The van der Waals surface area contributed by atoms with E-state index in [0.29, 0.717) is 0 Å². The molecule has 50 valence electrons. The van der Waals surface area contributed by atoms with Crippen LogP contribution in [0.25, 0.3) is 0 Å². The SMILES string of the molecule is CC(C)n1cc(F)cn1. The first-order chi connectivity index (χ1) is 4.20. The number of rotatable bonds is 1. The van der Waals surface area contributed by atoms with Gasteiger partial charge in [0.05, 0.1) is 12.4 Å². The highest BCUT2D eigenvalue weighted by molar-refractivity contribution is 4.84. The average molecular weight is 128 g/mol. The highest BCUT2D eigenvalue weighted by atomic mass is 19.1. The van der Waals surface area contributed by atoms with Gasteiger partial charge in [-0.25, -0.2) is 4.39 Å². The van der Waals surface area contributed by atoms with Gasteiger partial charge in [0.1, 0.15) is 0 Å². The third-order valence-electron chi connectivity index (χ3n) is 1.10. The fourth-order valence-electron chi connectivity index (χ4n) is 0.597. The summed E-state index contributed by atoms with van der Waals surface area (Å²) in [5.41, 5.74) is 0. The predicted molar refractivity (Wildman–Crippen MR) is 32.6 cm³/mol. The van der Waals surface area contributed by atoms with Gasteiger partial charge in [0.2, 0.25) is 0 Å². The summed E-state index contributed by atoms with van der Waals surface area (Å²) in [6.07, 6.45) is 2.59. The molecular weight excluding hydrogens is 119 g/mol. The zero-order valence-corrected chi connectivity index (χ0v) is 5.50. The lowest BCUT2D eigenvalue weighted by Crippen LogP contribution is -1.99. The quantitative estimate of drug-likeness (QED) is 0.561. The summed E-state index contributed by atoms with van der Waals surface area (Å²) in [6.45, 7) is 3.90. The lowest BCUT2D eigenvalue weighted by Gasteiger charge is -2.01. The summed E-state index contributed by atoms with van der Waals surface area (Å²) in [5, 5.41) is 3.76. The van der Waals surface area contributed by atoms with Crippen molar-refractivity contribution in [2.75, 3.05) is 0 Å². The van der Waals surface area contributed by atoms with Gasteiger partial charge in [0.25, 0.3) is 0 Å². The second-order valence-electron chi connectivity index (χ2n) is 2.23. The van der Waals surface area contributed by atoms with Crippen molar-refractivity contribution in [2.45, 2.75) is 19.9 Å². The molecule has 0 aliphatic heterocycles. The van der Waals surface area contributed by atoms with Crippen molar-refractivity contribution < 1.29 is 4.39 Å². The van der Waals surface area contributed by atoms with Gasteiger partial charge in [-0.1, -0.05) is 0 Å². The maximum atomic E-state index is 12.2. The molecule has 3 heteroatoms. The van der Waals surface area contributed by atoms with Crippen LogP contribution in [0.5, 0.6) is 0 Å². The molecule has 0 aliphatic carbocycles. The molecule has 1 aromatic rings. The zero-order chi connectivity index (χ0) is 6.85. The van der Waals surface area contributed by atoms with E-state index in [2.05, 4.69) is 5.10 Å². The highest BCUT2D eigenvalue weighted by Crippen LogP contribution is 2.02. The Hall–Kier alpha value is -0.860. The van der Waals surface area contributed by atoms with Crippen molar-refractivity contribution in [2.24, 2.45) is 0 Å². The van der Waals surface area contributed by atoms with E-state index in [1.54, 1.807) is 4.68 Å². The molecule has 0 amide bonds. The van der Waals surface area contributed by atoms with Crippen LogP contribution < -0.4 is 0 Å². The smallest absolute Gasteiger partial charge is 0.161 e. The Morgan fingerprint density at radius 2 is 2.33 bits per heavy atom. The molecular formula is C6H9FN2. The van der Waals surface area contributed by atoms with Crippen molar-refractivity contribution >= 4 is 0 Å². The predicted octanol–water partition coefficient (Wildman–Crippen LogP) is 1.60. The summed E-state index contributed by atoms with van der Waals surface area (Å²) in [5.74, 6) is -0.274. The van der Waals surface area contributed by atoms with E-state index >= 15 is 0 Å². The molecule has 0 unspecified atom stereocenters. The summed E-state index contributed by atoms with van der Waals surface area (Å²) in [7, 11) is 0. The Morgan fingerprint density at radius 3 is 2.56 bits per heavy atom. The maximum Gasteiger partial charge on any atom is 0.161 e. The van der Waals surface area contributed by atoms with Gasteiger partial charge in [-0.3, -0.25) is 4.68 Å². The van der Waals surface area contributed by atoms with E-state index < -0.39 is 0 Å². The van der Waals surface area contributed by atoms with Crippen molar-refractivity contribution in [3.63, 3.8) is 0 Å². The van der Waals surface area contributed by atoms with Crippen LogP contribution in [0.15, 0.2) is 12.4 Å². The van der Waals surface area contributed by atoms with Crippen LogP contribution >= 0.6 is 0 Å². The molecule has 0 bridgehead atoms. The fraction of sp³-hybridized carbons (Fsp3) is 0.500. The van der Waals surface area contributed by atoms with E-state index in [-0.39, 0.29) is 11.9 Å². The monoisotopic (exact) mass is 128 g/mol. The molecule has 1 aromatic heterocycles. The molecule has 9 heavy (non-hydrogen) atoms. The average Bonchev–Trinajstić information content (AvgIpc) is 2.14. The Labute approximate surface area is 53.3 Å². The third-order valence-corrected chi connectivity index (χ3v) is 1.10. The minimum atomic E-state index is -0.274. The van der Waals surface area contributed by atoms with Gasteiger partial charge < -0.3 is 0 Å². The maximum absolute atomic E-state index is 12.2. The molecule has 0 fully saturated rings. The van der Waals surface area contributed by atoms with Crippen LogP contribution in [0, 0.1) is 5.82 Å². The third kappa shape index (κ3) is 1.28. The number of aromatic nitrogens is 2. The van der Waals surface area contributed by atoms with E-state index in [1.165, 1.54) is 12.4 Å². The molecule has 0 saturated carbocycles. The molecule has 0 aromatic carbocycles. The van der Waals surface area contributed by atoms with Gasteiger partial charge >= 0.3 is 0 Å². The van der Waals surface area contributed by atoms with Crippen molar-refractivity contribution in [3.8, 4) is 0 Å². The van der Waals surface area contributed by atoms with Crippen LogP contribution in [0.2, 0.25) is 0 Å². The normalized spacial score (nSPS) is 10.7. The molecule has 0 N–H and O–H groups in total. The Balaban J connectivity index is 2.85. The molecule has 0 spiro atoms. The van der Waals surface area contributed by atoms with Crippen LogP contribution in [0.4, 0.5) is 4.39 Å². The van der Waals surface area contributed by atoms with Crippen molar-refractivity contribution in [1.29, 1.82) is 0 Å². The summed E-state index contributed by atoms with van der Waals surface area (Å²) in [6, 6.07) is 0.245. The molecule has 0 aliphatic rings. The molecule has 2 nitrogen and oxygen atoms in total. The van der Waals surface area contributed by atoms with Gasteiger partial charge in [-0.2, -0.15) is 5.10 Å². The van der Waals surface area contributed by atoms with Gasteiger partial charge in [0.15, 0.2) is 5.82 Å². The van der Waals surface area contributed by atoms with Gasteiger partial charge in [-0.05, 0) is 13.8 Å². The summed E-state index contributed by atoms with van der Waals surface area (Å²) >= 11 is 0. The minimum absolute atomic E-state index is 0.245. The van der Waals surface area contributed by atoms with Crippen molar-refractivity contribution in [1.82, 2.24) is 9.78 Å². The van der Waals surface area contributed by atoms with Crippen LogP contribution in [0.1, 0.15) is 19.9 Å². The Bertz CT molecular complexity index is 193. The van der Waals surface area contributed by atoms with Gasteiger partial charge in [-0.15, -0.1) is 0 Å². The summed E-state index contributed by atoms with van der Waals surface area (Å²) < 4.78 is 13.8. The molecule has 0 atom stereocenters. The number of nitrogens with zero attached hydrogens (tertiary/aromatic N) is 2. The molecule has 0 radical (unpaired) electrons. The fourth-order valence-corrected chi connectivity index (χ4v) is 0.597. The number of hydrogen-bond acceptors (Lipinski definition) is 1. The van der Waals surface area contributed by atoms with Crippen LogP contribution in [-0.4, -0.2) is 9.78 Å². The van der Waals surface area contributed by atoms with E-state index in [9.17, 15) is 4.39 Å². The molecule has 1 heterocycles. The van der Waals surface area contributed by atoms with E-state index in [4.69, 9.17) is 0 Å². The van der Waals surface area contributed by atoms with Crippen LogP contribution in [0.3, 0.4) is 0 Å². The zero-order valence-electron chi connectivity index (χ0n) is 5.50. The van der Waals surface area contributed by atoms with Crippen LogP contribution in [-0.2, 0) is 0 Å². The lowest BCUT2D eigenvalue weighted by atomic mass is 10.4. The largest absolute Gasteiger partial charge is 0.267 e. The molecule has 0 saturated heterocycles. The number of hydrogen-bond donors (Lipinski definition) is 0. The molecule has 1 rings (SSSR count). The first-order valence-corrected chi connectivity index (χ1v) is 2.90. The Kier molecular flexibility index (Phi) is 1.51. The standard InChI is InChI=1S/C6H9FN2/c1-5(2)9-4-6(7)3-8-9/h3-5H,1-2H3. The first kappa shape index (κ1) is 6.26. The van der Waals surface area contributed by atoms with Gasteiger partial charge in [0, 0.05) is 6.04 Å². The Morgan fingerprint density at radius 1 is 1.67 bits per heavy atom.